The molecule has 1 atom stereocenters. The van der Waals surface area contributed by atoms with Crippen LogP contribution in [0.3, 0.4) is 0 Å². The van der Waals surface area contributed by atoms with Gasteiger partial charge in [0.15, 0.2) is 0 Å². The number of hydrogen-bond acceptors (Lipinski definition) is 4. The fraction of sp³-hybridized carbons (Fsp3) is 0.316. The van der Waals surface area contributed by atoms with Crippen LogP contribution in [0, 0.1) is 12.7 Å². The van der Waals surface area contributed by atoms with Gasteiger partial charge < -0.3 is 4.74 Å². The van der Waals surface area contributed by atoms with Crippen molar-refractivity contribution in [1.29, 1.82) is 0 Å². The molecule has 3 rings (SSSR count). The normalized spacial score (nSPS) is 18.0. The van der Waals surface area contributed by atoms with Crippen molar-refractivity contribution in [1.82, 2.24) is 4.31 Å². The zero-order chi connectivity index (χ0) is 18.7. The number of nitrogens with zero attached hydrogens (tertiary/aromatic N) is 1. The molecule has 0 unspecified atom stereocenters. The van der Waals surface area contributed by atoms with Crippen molar-refractivity contribution >= 4 is 16.0 Å². The van der Waals surface area contributed by atoms with Gasteiger partial charge in [0.1, 0.15) is 18.5 Å². The maximum atomic E-state index is 13.6. The molecule has 0 aliphatic carbocycles. The standard InChI is InChI=1S/C19H20FNO4S/c1-14-8-10-16(11-9-14)26(23,24)21-12-4-7-18(21)19(22)25-13-15-5-2-3-6-17(15)20/h2-3,5-6,8-11,18H,4,7,12-13H2,1H3/t18-/m0/s1. The average molecular weight is 377 g/mol. The minimum absolute atomic E-state index is 0.150. The summed E-state index contributed by atoms with van der Waals surface area (Å²) in [6.45, 7) is 1.91. The van der Waals surface area contributed by atoms with Gasteiger partial charge in [-0.3, -0.25) is 4.79 Å². The zero-order valence-corrected chi connectivity index (χ0v) is 15.2. The third-order valence-electron chi connectivity index (χ3n) is 4.43. The molecule has 2 aromatic rings. The van der Waals surface area contributed by atoms with E-state index in [1.54, 1.807) is 24.3 Å². The maximum absolute atomic E-state index is 13.6. The third-order valence-corrected chi connectivity index (χ3v) is 6.35. The van der Waals surface area contributed by atoms with E-state index in [9.17, 15) is 17.6 Å². The molecule has 7 heteroatoms. The molecule has 1 heterocycles. The van der Waals surface area contributed by atoms with E-state index in [1.807, 2.05) is 6.92 Å². The fourth-order valence-electron chi connectivity index (χ4n) is 2.97. The smallest absolute Gasteiger partial charge is 0.324 e. The average Bonchev–Trinajstić information content (AvgIpc) is 3.12. The number of sulfonamides is 1. The summed E-state index contributed by atoms with van der Waals surface area (Å²) >= 11 is 0. The van der Waals surface area contributed by atoms with Crippen LogP contribution in [0.25, 0.3) is 0 Å². The summed E-state index contributed by atoms with van der Waals surface area (Å²) in [5.74, 6) is -1.11. The van der Waals surface area contributed by atoms with Crippen molar-refractivity contribution in [3.63, 3.8) is 0 Å². The van der Waals surface area contributed by atoms with Crippen LogP contribution in [-0.2, 0) is 26.2 Å². The van der Waals surface area contributed by atoms with E-state index in [0.717, 1.165) is 5.56 Å². The largest absolute Gasteiger partial charge is 0.460 e. The van der Waals surface area contributed by atoms with E-state index in [-0.39, 0.29) is 23.6 Å². The van der Waals surface area contributed by atoms with E-state index in [2.05, 4.69) is 0 Å². The fourth-order valence-corrected chi connectivity index (χ4v) is 4.62. The highest BCUT2D eigenvalue weighted by Gasteiger charge is 2.40. The van der Waals surface area contributed by atoms with E-state index in [0.29, 0.717) is 12.8 Å². The number of ether oxygens (including phenoxy) is 1. The first-order valence-electron chi connectivity index (χ1n) is 8.38. The number of halogens is 1. The third kappa shape index (κ3) is 3.78. The van der Waals surface area contributed by atoms with Gasteiger partial charge in [0, 0.05) is 12.1 Å². The summed E-state index contributed by atoms with van der Waals surface area (Å²) in [5.41, 5.74) is 1.21. The first-order chi connectivity index (χ1) is 12.4. The van der Waals surface area contributed by atoms with E-state index in [4.69, 9.17) is 4.74 Å². The lowest BCUT2D eigenvalue weighted by atomic mass is 10.2. The number of benzene rings is 2. The quantitative estimate of drug-likeness (QED) is 0.752. The highest BCUT2D eigenvalue weighted by Crippen LogP contribution is 2.27. The number of carbonyl (C=O) groups is 1. The Kier molecular flexibility index (Phi) is 5.38. The molecular formula is C19H20FNO4S. The van der Waals surface area contributed by atoms with Crippen molar-refractivity contribution in [2.75, 3.05) is 6.54 Å². The predicted octanol–water partition coefficient (Wildman–Crippen LogP) is 3.03. The Morgan fingerprint density at radius 2 is 1.88 bits per heavy atom. The van der Waals surface area contributed by atoms with Gasteiger partial charge in [-0.1, -0.05) is 35.9 Å². The first-order valence-corrected chi connectivity index (χ1v) is 9.82. The lowest BCUT2D eigenvalue weighted by Crippen LogP contribution is -2.41. The van der Waals surface area contributed by atoms with Crippen LogP contribution in [0.1, 0.15) is 24.0 Å². The molecule has 5 nitrogen and oxygen atoms in total. The molecule has 1 saturated heterocycles. The Morgan fingerprint density at radius 3 is 2.58 bits per heavy atom. The second-order valence-electron chi connectivity index (χ2n) is 6.29. The van der Waals surface area contributed by atoms with Crippen LogP contribution in [0.2, 0.25) is 0 Å². The molecule has 26 heavy (non-hydrogen) atoms. The molecule has 2 aromatic carbocycles. The second kappa shape index (κ2) is 7.55. The van der Waals surface area contributed by atoms with Gasteiger partial charge in [-0.05, 0) is 38.0 Å². The highest BCUT2D eigenvalue weighted by atomic mass is 32.2. The lowest BCUT2D eigenvalue weighted by Gasteiger charge is -2.23. The summed E-state index contributed by atoms with van der Waals surface area (Å²) in [6, 6.07) is 11.6. The van der Waals surface area contributed by atoms with Gasteiger partial charge in [0.2, 0.25) is 10.0 Å². The minimum Gasteiger partial charge on any atom is -0.460 e. The highest BCUT2D eigenvalue weighted by molar-refractivity contribution is 7.89. The molecule has 0 bridgehead atoms. The zero-order valence-electron chi connectivity index (χ0n) is 14.4. The molecule has 1 fully saturated rings. The number of rotatable bonds is 5. The lowest BCUT2D eigenvalue weighted by molar-refractivity contribution is -0.148. The predicted molar refractivity (Wildman–Crippen MR) is 94.3 cm³/mol. The van der Waals surface area contributed by atoms with Crippen molar-refractivity contribution in [3.05, 3.63) is 65.5 Å². The molecule has 0 spiro atoms. The maximum Gasteiger partial charge on any atom is 0.324 e. The van der Waals surface area contributed by atoms with Crippen LogP contribution >= 0.6 is 0 Å². The molecule has 0 saturated carbocycles. The van der Waals surface area contributed by atoms with Crippen LogP contribution in [0.15, 0.2) is 53.4 Å². The number of carbonyl (C=O) groups excluding carboxylic acids is 1. The Bertz CT molecular complexity index is 896. The molecular weight excluding hydrogens is 357 g/mol. The number of aryl methyl sites for hydroxylation is 1. The van der Waals surface area contributed by atoms with E-state index < -0.39 is 27.9 Å². The van der Waals surface area contributed by atoms with Crippen LogP contribution in [0.5, 0.6) is 0 Å². The van der Waals surface area contributed by atoms with E-state index in [1.165, 1.54) is 28.6 Å². The van der Waals surface area contributed by atoms with Crippen molar-refractivity contribution < 1.29 is 22.3 Å². The van der Waals surface area contributed by atoms with Crippen molar-refractivity contribution in [2.24, 2.45) is 0 Å². The molecule has 1 aliphatic rings. The minimum atomic E-state index is -3.78. The molecule has 1 aliphatic heterocycles. The van der Waals surface area contributed by atoms with Gasteiger partial charge in [-0.2, -0.15) is 4.31 Å². The van der Waals surface area contributed by atoms with Crippen molar-refractivity contribution in [3.8, 4) is 0 Å². The Morgan fingerprint density at radius 1 is 1.19 bits per heavy atom. The number of esters is 1. The van der Waals surface area contributed by atoms with Crippen LogP contribution < -0.4 is 0 Å². The monoisotopic (exact) mass is 377 g/mol. The number of hydrogen-bond donors (Lipinski definition) is 0. The van der Waals surface area contributed by atoms with Gasteiger partial charge in [-0.25, -0.2) is 12.8 Å². The molecule has 0 amide bonds. The Hall–Kier alpha value is -2.25. The molecule has 0 aromatic heterocycles. The summed E-state index contributed by atoms with van der Waals surface area (Å²) in [4.78, 5) is 12.6. The van der Waals surface area contributed by atoms with Crippen molar-refractivity contribution in [2.45, 2.75) is 37.3 Å². The topological polar surface area (TPSA) is 63.7 Å². The van der Waals surface area contributed by atoms with Crippen LogP contribution in [0.4, 0.5) is 4.39 Å². The van der Waals surface area contributed by atoms with E-state index >= 15 is 0 Å². The Labute approximate surface area is 152 Å². The summed E-state index contributed by atoms with van der Waals surface area (Å²) in [5, 5.41) is 0. The SMILES string of the molecule is Cc1ccc(S(=O)(=O)N2CCC[C@H]2C(=O)OCc2ccccc2F)cc1. The summed E-state index contributed by atoms with van der Waals surface area (Å²) < 4.78 is 45.7. The Balaban J connectivity index is 1.74. The molecule has 138 valence electrons. The summed E-state index contributed by atoms with van der Waals surface area (Å²) in [6.07, 6.45) is 0.964. The summed E-state index contributed by atoms with van der Waals surface area (Å²) in [7, 11) is -3.78. The second-order valence-corrected chi connectivity index (χ2v) is 8.18. The first kappa shape index (κ1) is 18.5. The van der Waals surface area contributed by atoms with Gasteiger partial charge in [0.25, 0.3) is 0 Å². The molecule has 0 N–H and O–H groups in total. The van der Waals surface area contributed by atoms with Gasteiger partial charge >= 0.3 is 5.97 Å². The van der Waals surface area contributed by atoms with Gasteiger partial charge in [0.05, 0.1) is 4.90 Å². The molecule has 0 radical (unpaired) electrons. The van der Waals surface area contributed by atoms with Crippen LogP contribution in [-0.4, -0.2) is 31.3 Å². The van der Waals surface area contributed by atoms with Gasteiger partial charge in [-0.15, -0.1) is 0 Å².